The highest BCUT2D eigenvalue weighted by atomic mass is 16.5. The summed E-state index contributed by atoms with van der Waals surface area (Å²) in [6, 6.07) is 6.09. The maximum Gasteiger partial charge on any atom is 0.198 e. The van der Waals surface area contributed by atoms with E-state index in [4.69, 9.17) is 4.74 Å². The van der Waals surface area contributed by atoms with Crippen LogP contribution in [0, 0.1) is 6.92 Å². The second-order valence-corrected chi connectivity index (χ2v) is 5.43. The van der Waals surface area contributed by atoms with Crippen molar-refractivity contribution in [3.63, 3.8) is 0 Å². The van der Waals surface area contributed by atoms with Crippen LogP contribution < -0.4 is 0 Å². The molecule has 21 heavy (non-hydrogen) atoms. The highest BCUT2D eigenvalue weighted by molar-refractivity contribution is 6.02. The number of fused-ring (bicyclic) bond motifs is 1. The molecule has 5 nitrogen and oxygen atoms in total. The number of aliphatic imine (C=N–C) groups is 1. The van der Waals surface area contributed by atoms with Gasteiger partial charge in [-0.3, -0.25) is 9.89 Å². The summed E-state index contributed by atoms with van der Waals surface area (Å²) in [6.45, 7) is 7.28. The van der Waals surface area contributed by atoms with Crippen molar-refractivity contribution in [1.29, 1.82) is 0 Å². The number of H-pyrrole nitrogens is 1. The third kappa shape index (κ3) is 3.25. The molecule has 1 aromatic heterocycles. The molecule has 1 saturated heterocycles. The first-order chi connectivity index (χ1) is 10.2. The Kier molecular flexibility index (Phi) is 4.22. The first-order valence-corrected chi connectivity index (χ1v) is 7.35. The van der Waals surface area contributed by atoms with E-state index in [1.165, 1.54) is 5.56 Å². The fourth-order valence-electron chi connectivity index (χ4n) is 2.63. The summed E-state index contributed by atoms with van der Waals surface area (Å²) in [5, 5.41) is 11.0. The summed E-state index contributed by atoms with van der Waals surface area (Å²) in [4.78, 5) is 9.80. The second-order valence-electron chi connectivity index (χ2n) is 5.43. The summed E-state index contributed by atoms with van der Waals surface area (Å²) >= 11 is 0. The predicted octanol–water partition coefficient (Wildman–Crippen LogP) is 1.93. The van der Waals surface area contributed by atoms with Crippen LogP contribution in [0.5, 0.6) is 5.88 Å². The van der Waals surface area contributed by atoms with Crippen molar-refractivity contribution in [3.05, 3.63) is 29.3 Å². The van der Waals surface area contributed by atoms with Crippen LogP contribution in [-0.4, -0.2) is 60.6 Å². The number of aromatic hydroxyl groups is 1. The second kappa shape index (κ2) is 6.28. The summed E-state index contributed by atoms with van der Waals surface area (Å²) in [5.41, 5.74) is 2.88. The molecule has 1 aliphatic heterocycles. The molecule has 2 aromatic rings. The van der Waals surface area contributed by atoms with Crippen molar-refractivity contribution in [1.82, 2.24) is 9.88 Å². The lowest BCUT2D eigenvalue weighted by atomic mass is 10.1. The molecule has 0 spiro atoms. The van der Waals surface area contributed by atoms with E-state index in [1.807, 2.05) is 25.1 Å². The van der Waals surface area contributed by atoms with E-state index in [2.05, 4.69) is 14.9 Å². The topological polar surface area (TPSA) is 60.9 Å². The van der Waals surface area contributed by atoms with E-state index < -0.39 is 0 Å². The Bertz CT molecular complexity index is 642. The van der Waals surface area contributed by atoms with E-state index in [1.54, 1.807) is 6.21 Å². The third-order valence-electron chi connectivity index (χ3n) is 3.84. The van der Waals surface area contributed by atoms with Crippen LogP contribution in [-0.2, 0) is 4.74 Å². The predicted molar refractivity (Wildman–Crippen MR) is 84.4 cm³/mol. The van der Waals surface area contributed by atoms with E-state index in [9.17, 15) is 5.11 Å². The van der Waals surface area contributed by atoms with Gasteiger partial charge in [0.2, 0.25) is 0 Å². The Morgan fingerprint density at radius 2 is 2.19 bits per heavy atom. The van der Waals surface area contributed by atoms with Crippen molar-refractivity contribution >= 4 is 17.1 Å². The maximum atomic E-state index is 10.00. The number of morpholine rings is 1. The lowest BCUT2D eigenvalue weighted by molar-refractivity contribution is 0.0395. The third-order valence-corrected chi connectivity index (χ3v) is 3.84. The molecule has 3 rings (SSSR count). The molecular formula is C16H21N3O2. The van der Waals surface area contributed by atoms with Gasteiger partial charge in [0, 0.05) is 36.8 Å². The highest BCUT2D eigenvalue weighted by Gasteiger charge is 2.10. The largest absolute Gasteiger partial charge is 0.494 e. The average Bonchev–Trinajstić information content (AvgIpc) is 2.79. The molecule has 112 valence electrons. The fraction of sp³-hybridized carbons (Fsp3) is 0.438. The molecule has 0 amide bonds. The zero-order valence-corrected chi connectivity index (χ0v) is 12.3. The summed E-state index contributed by atoms with van der Waals surface area (Å²) < 4.78 is 5.32. The Hall–Kier alpha value is -1.85. The fourth-order valence-corrected chi connectivity index (χ4v) is 2.63. The number of aromatic nitrogens is 1. The van der Waals surface area contributed by atoms with Crippen LogP contribution in [0.4, 0.5) is 0 Å². The molecule has 1 fully saturated rings. The first-order valence-electron chi connectivity index (χ1n) is 7.35. The smallest absolute Gasteiger partial charge is 0.198 e. The van der Waals surface area contributed by atoms with Crippen LogP contribution in [0.15, 0.2) is 23.2 Å². The highest BCUT2D eigenvalue weighted by Crippen LogP contribution is 2.26. The van der Waals surface area contributed by atoms with Crippen LogP contribution in [0.3, 0.4) is 0 Å². The van der Waals surface area contributed by atoms with Crippen LogP contribution in [0.1, 0.15) is 11.1 Å². The number of nitrogens with one attached hydrogen (secondary N) is 1. The van der Waals surface area contributed by atoms with Gasteiger partial charge in [-0.1, -0.05) is 12.1 Å². The molecule has 5 heteroatoms. The van der Waals surface area contributed by atoms with Crippen LogP contribution in [0.25, 0.3) is 10.9 Å². The van der Waals surface area contributed by atoms with Crippen molar-refractivity contribution in [2.75, 3.05) is 39.4 Å². The lowest BCUT2D eigenvalue weighted by Crippen LogP contribution is -2.37. The van der Waals surface area contributed by atoms with Gasteiger partial charge >= 0.3 is 0 Å². The van der Waals surface area contributed by atoms with E-state index in [0.29, 0.717) is 0 Å². The van der Waals surface area contributed by atoms with Gasteiger partial charge in [0.25, 0.3) is 0 Å². The number of benzene rings is 1. The van der Waals surface area contributed by atoms with Crippen molar-refractivity contribution in [2.24, 2.45) is 4.99 Å². The summed E-state index contributed by atoms with van der Waals surface area (Å²) in [5.74, 6) is 0.186. The van der Waals surface area contributed by atoms with Gasteiger partial charge < -0.3 is 14.8 Å². The Morgan fingerprint density at radius 1 is 1.38 bits per heavy atom. The first kappa shape index (κ1) is 14.1. The zero-order chi connectivity index (χ0) is 14.7. The van der Waals surface area contributed by atoms with Crippen LogP contribution >= 0.6 is 0 Å². The molecule has 0 atom stereocenters. The molecule has 0 unspecified atom stereocenters. The van der Waals surface area contributed by atoms with Gasteiger partial charge in [0.05, 0.1) is 25.3 Å². The minimum atomic E-state index is 0.186. The Labute approximate surface area is 124 Å². The minimum absolute atomic E-state index is 0.186. The summed E-state index contributed by atoms with van der Waals surface area (Å²) in [7, 11) is 0. The minimum Gasteiger partial charge on any atom is -0.494 e. The number of hydrogen-bond donors (Lipinski definition) is 2. The maximum absolute atomic E-state index is 10.00. The van der Waals surface area contributed by atoms with Crippen molar-refractivity contribution in [2.45, 2.75) is 6.92 Å². The standard InChI is InChI=1S/C16H21N3O2/c1-12-2-3-13-14(16(20)18-15(13)10-12)11-17-4-5-19-6-8-21-9-7-19/h2-3,10-11,18,20H,4-9H2,1H3. The average molecular weight is 287 g/mol. The monoisotopic (exact) mass is 287 g/mol. The molecule has 0 aliphatic carbocycles. The molecule has 2 N–H and O–H groups in total. The van der Waals surface area contributed by atoms with Crippen molar-refractivity contribution < 1.29 is 9.84 Å². The van der Waals surface area contributed by atoms with Gasteiger partial charge in [-0.25, -0.2) is 0 Å². The van der Waals surface area contributed by atoms with E-state index in [0.717, 1.165) is 55.9 Å². The quantitative estimate of drug-likeness (QED) is 0.845. The number of aromatic amines is 1. The number of nitrogens with zero attached hydrogens (tertiary/aromatic N) is 2. The SMILES string of the molecule is Cc1ccc2c(C=NCCN3CCOCC3)c(O)[nH]c2c1. The van der Waals surface area contributed by atoms with Crippen molar-refractivity contribution in [3.8, 4) is 5.88 Å². The lowest BCUT2D eigenvalue weighted by Gasteiger charge is -2.25. The molecule has 0 bridgehead atoms. The van der Waals surface area contributed by atoms with Gasteiger partial charge in [-0.2, -0.15) is 0 Å². The Morgan fingerprint density at radius 3 is 3.00 bits per heavy atom. The normalized spacial score (nSPS) is 17.0. The molecule has 0 saturated carbocycles. The molecule has 1 aliphatic rings. The Balaban J connectivity index is 1.66. The molecule has 0 radical (unpaired) electrons. The number of ether oxygens (including phenoxy) is 1. The number of hydrogen-bond acceptors (Lipinski definition) is 4. The molecule has 1 aromatic carbocycles. The number of rotatable bonds is 4. The summed E-state index contributed by atoms with van der Waals surface area (Å²) in [6.07, 6.45) is 1.77. The van der Waals surface area contributed by atoms with Gasteiger partial charge in [-0.05, 0) is 18.6 Å². The molecular weight excluding hydrogens is 266 g/mol. The van der Waals surface area contributed by atoms with Gasteiger partial charge in [0.15, 0.2) is 5.88 Å². The van der Waals surface area contributed by atoms with Crippen LogP contribution in [0.2, 0.25) is 0 Å². The zero-order valence-electron chi connectivity index (χ0n) is 12.3. The van der Waals surface area contributed by atoms with E-state index in [-0.39, 0.29) is 5.88 Å². The van der Waals surface area contributed by atoms with E-state index >= 15 is 0 Å². The van der Waals surface area contributed by atoms with Gasteiger partial charge in [0.1, 0.15) is 0 Å². The van der Waals surface area contributed by atoms with Gasteiger partial charge in [-0.15, -0.1) is 0 Å². The molecule has 2 heterocycles. The number of aryl methyl sites for hydroxylation is 1.